The van der Waals surface area contributed by atoms with Crippen molar-refractivity contribution in [3.63, 3.8) is 0 Å². The van der Waals surface area contributed by atoms with Crippen LogP contribution in [0.15, 0.2) is 35.2 Å². The molecule has 0 saturated heterocycles. The van der Waals surface area contributed by atoms with Gasteiger partial charge in [-0.25, -0.2) is 12.8 Å². The molecule has 2 aromatic rings. The lowest BCUT2D eigenvalue weighted by atomic mass is 9.88. The minimum absolute atomic E-state index is 0.117. The van der Waals surface area contributed by atoms with Crippen molar-refractivity contribution in [3.8, 4) is 0 Å². The number of hydrogen-bond donors (Lipinski definition) is 4. The van der Waals surface area contributed by atoms with Crippen LogP contribution in [0.4, 0.5) is 10.1 Å². The minimum Gasteiger partial charge on any atom is -0.480 e. The van der Waals surface area contributed by atoms with E-state index in [0.29, 0.717) is 5.56 Å². The Bertz CT molecular complexity index is 1010. The van der Waals surface area contributed by atoms with Crippen molar-refractivity contribution in [3.05, 3.63) is 57.9 Å². The number of nitrogens with one attached hydrogen (secondary N) is 2. The number of carboxylic acids is 1. The Labute approximate surface area is 167 Å². The van der Waals surface area contributed by atoms with Gasteiger partial charge in [0.15, 0.2) is 0 Å². The van der Waals surface area contributed by atoms with Crippen LogP contribution in [-0.4, -0.2) is 30.7 Å². The van der Waals surface area contributed by atoms with E-state index in [-0.39, 0.29) is 16.3 Å². The predicted octanol–water partition coefficient (Wildman–Crippen LogP) is 3.43. The van der Waals surface area contributed by atoms with Crippen LogP contribution in [0.1, 0.15) is 29.5 Å². The third-order valence-electron chi connectivity index (χ3n) is 4.59. The summed E-state index contributed by atoms with van der Waals surface area (Å²) < 4.78 is 42.0. The molecule has 0 bridgehead atoms. The van der Waals surface area contributed by atoms with Crippen molar-refractivity contribution < 1.29 is 27.9 Å². The fourth-order valence-electron chi connectivity index (χ4n) is 2.95. The summed E-state index contributed by atoms with van der Waals surface area (Å²) in [5.41, 5.74) is 2.90. The molecular weight excluding hydrogens is 411 g/mol. The standard InChI is InChI=1S/C18H20ClFN2O5S/c1-9-4-6-13(20)16(10(9)2)11(3)17(18(23)24)22-28(26,27)15-7-5-12(19)8-14(15)21-25/h4-8,11,17,21-22,25H,1-3H3,(H,23,24)/t11-,17+/m1/s1. The SMILES string of the molecule is Cc1ccc(F)c([C@@H](C)[C@H](NS(=O)(=O)c2ccc(Cl)cc2NO)C(=O)O)c1C. The van der Waals surface area contributed by atoms with E-state index in [1.54, 1.807) is 25.4 Å². The van der Waals surface area contributed by atoms with Gasteiger partial charge in [-0.05, 0) is 54.8 Å². The van der Waals surface area contributed by atoms with Crippen molar-refractivity contribution >= 4 is 33.3 Å². The van der Waals surface area contributed by atoms with Crippen LogP contribution in [0, 0.1) is 19.7 Å². The predicted molar refractivity (Wildman–Crippen MR) is 103 cm³/mol. The van der Waals surface area contributed by atoms with Gasteiger partial charge in [0.1, 0.15) is 16.8 Å². The molecular formula is C18H20ClFN2O5S. The van der Waals surface area contributed by atoms with E-state index in [9.17, 15) is 27.9 Å². The molecule has 0 aliphatic heterocycles. The zero-order chi connectivity index (χ0) is 21.2. The number of benzene rings is 2. The zero-order valence-corrected chi connectivity index (χ0v) is 16.9. The summed E-state index contributed by atoms with van der Waals surface area (Å²) in [6, 6.07) is 4.69. The van der Waals surface area contributed by atoms with Crippen LogP contribution in [0.2, 0.25) is 5.02 Å². The van der Waals surface area contributed by atoms with Gasteiger partial charge in [0.25, 0.3) is 0 Å². The zero-order valence-electron chi connectivity index (χ0n) is 15.3. The van der Waals surface area contributed by atoms with E-state index in [1.807, 2.05) is 0 Å². The van der Waals surface area contributed by atoms with E-state index in [1.165, 1.54) is 25.1 Å². The van der Waals surface area contributed by atoms with E-state index in [4.69, 9.17) is 11.6 Å². The smallest absolute Gasteiger partial charge is 0.322 e. The molecule has 0 amide bonds. The number of carboxylic acid groups (broad SMARTS) is 1. The van der Waals surface area contributed by atoms with Crippen molar-refractivity contribution in [2.45, 2.75) is 37.6 Å². The molecule has 10 heteroatoms. The second-order valence-corrected chi connectivity index (χ2v) is 8.50. The molecule has 152 valence electrons. The summed E-state index contributed by atoms with van der Waals surface area (Å²) in [6.07, 6.45) is 0. The number of anilines is 1. The second-order valence-electron chi connectivity index (χ2n) is 6.38. The summed E-state index contributed by atoms with van der Waals surface area (Å²) in [5, 5.41) is 18.9. The van der Waals surface area contributed by atoms with E-state index in [2.05, 4.69) is 4.72 Å². The average Bonchev–Trinajstić information content (AvgIpc) is 2.62. The summed E-state index contributed by atoms with van der Waals surface area (Å²) >= 11 is 5.78. The summed E-state index contributed by atoms with van der Waals surface area (Å²) in [7, 11) is -4.39. The van der Waals surface area contributed by atoms with Crippen LogP contribution < -0.4 is 10.2 Å². The van der Waals surface area contributed by atoms with Gasteiger partial charge in [0.2, 0.25) is 10.0 Å². The number of aryl methyl sites for hydroxylation is 1. The van der Waals surface area contributed by atoms with Crippen molar-refractivity contribution in [2.24, 2.45) is 0 Å². The highest BCUT2D eigenvalue weighted by Gasteiger charge is 2.34. The van der Waals surface area contributed by atoms with Gasteiger partial charge in [-0.1, -0.05) is 24.6 Å². The lowest BCUT2D eigenvalue weighted by molar-refractivity contribution is -0.139. The first-order valence-electron chi connectivity index (χ1n) is 8.20. The lowest BCUT2D eigenvalue weighted by Gasteiger charge is -2.24. The van der Waals surface area contributed by atoms with Crippen molar-refractivity contribution in [1.82, 2.24) is 4.72 Å². The molecule has 7 nitrogen and oxygen atoms in total. The molecule has 2 rings (SSSR count). The molecule has 0 heterocycles. The Balaban J connectivity index is 2.49. The number of hydrogen-bond acceptors (Lipinski definition) is 5. The molecule has 0 aliphatic rings. The third-order valence-corrected chi connectivity index (χ3v) is 6.32. The third kappa shape index (κ3) is 4.44. The van der Waals surface area contributed by atoms with Crippen LogP contribution in [0.3, 0.4) is 0 Å². The fraction of sp³-hybridized carbons (Fsp3) is 0.278. The maximum Gasteiger partial charge on any atom is 0.322 e. The van der Waals surface area contributed by atoms with E-state index < -0.39 is 38.7 Å². The molecule has 0 aromatic heterocycles. The first kappa shape index (κ1) is 22.1. The molecule has 2 atom stereocenters. The molecule has 2 aromatic carbocycles. The van der Waals surface area contributed by atoms with E-state index >= 15 is 0 Å². The van der Waals surface area contributed by atoms with Gasteiger partial charge in [0.05, 0.1) is 5.69 Å². The molecule has 0 fully saturated rings. The number of halogens is 2. The molecule has 4 N–H and O–H groups in total. The van der Waals surface area contributed by atoms with Crippen LogP contribution in [0.5, 0.6) is 0 Å². The maximum absolute atomic E-state index is 14.4. The molecule has 0 unspecified atom stereocenters. The quantitative estimate of drug-likeness (QED) is 0.500. The highest BCUT2D eigenvalue weighted by atomic mass is 35.5. The Hall–Kier alpha value is -2.20. The largest absolute Gasteiger partial charge is 0.480 e. The van der Waals surface area contributed by atoms with Crippen LogP contribution in [0.25, 0.3) is 0 Å². The summed E-state index contributed by atoms with van der Waals surface area (Å²) in [5.74, 6) is -3.10. The van der Waals surface area contributed by atoms with Crippen molar-refractivity contribution in [2.75, 3.05) is 5.48 Å². The Morgan fingerprint density at radius 2 is 1.86 bits per heavy atom. The first-order valence-corrected chi connectivity index (χ1v) is 10.1. The minimum atomic E-state index is -4.39. The summed E-state index contributed by atoms with van der Waals surface area (Å²) in [4.78, 5) is 11.4. The van der Waals surface area contributed by atoms with Gasteiger partial charge in [-0.3, -0.25) is 15.5 Å². The number of carbonyl (C=O) groups is 1. The van der Waals surface area contributed by atoms with E-state index in [0.717, 1.165) is 11.6 Å². The highest BCUT2D eigenvalue weighted by molar-refractivity contribution is 7.89. The Morgan fingerprint density at radius 3 is 2.43 bits per heavy atom. The summed E-state index contributed by atoms with van der Waals surface area (Å²) in [6.45, 7) is 4.82. The van der Waals surface area contributed by atoms with Crippen LogP contribution >= 0.6 is 11.6 Å². The second kappa shape index (κ2) is 8.44. The normalized spacial score (nSPS) is 13.8. The maximum atomic E-state index is 14.4. The number of sulfonamides is 1. The molecule has 0 saturated carbocycles. The molecule has 0 aliphatic carbocycles. The van der Waals surface area contributed by atoms with Gasteiger partial charge >= 0.3 is 5.97 Å². The van der Waals surface area contributed by atoms with Gasteiger partial charge in [0, 0.05) is 10.9 Å². The van der Waals surface area contributed by atoms with Gasteiger partial charge < -0.3 is 5.11 Å². The number of aliphatic carboxylic acids is 1. The van der Waals surface area contributed by atoms with Crippen molar-refractivity contribution in [1.29, 1.82) is 0 Å². The highest BCUT2D eigenvalue weighted by Crippen LogP contribution is 2.30. The lowest BCUT2D eigenvalue weighted by Crippen LogP contribution is -2.44. The molecule has 0 spiro atoms. The topological polar surface area (TPSA) is 116 Å². The average molecular weight is 431 g/mol. The number of rotatable bonds is 7. The Kier molecular flexibility index (Phi) is 6.66. The molecule has 0 radical (unpaired) electrons. The monoisotopic (exact) mass is 430 g/mol. The van der Waals surface area contributed by atoms with Gasteiger partial charge in [-0.15, -0.1) is 0 Å². The fourth-order valence-corrected chi connectivity index (χ4v) is 4.53. The molecule has 28 heavy (non-hydrogen) atoms. The van der Waals surface area contributed by atoms with Gasteiger partial charge in [-0.2, -0.15) is 4.72 Å². The first-order chi connectivity index (χ1) is 13.0. The Morgan fingerprint density at radius 1 is 1.21 bits per heavy atom. The van der Waals surface area contributed by atoms with Crippen LogP contribution in [-0.2, 0) is 14.8 Å².